The Hall–Kier alpha value is -2.74. The first-order chi connectivity index (χ1) is 11.1. The average molecular weight is 348 g/mol. The summed E-state index contributed by atoms with van der Waals surface area (Å²) < 4.78 is 27.0. The van der Waals surface area contributed by atoms with E-state index in [0.717, 1.165) is 17.8 Å². The highest BCUT2D eigenvalue weighted by molar-refractivity contribution is 7.90. The zero-order valence-electron chi connectivity index (χ0n) is 13.3. The molecule has 0 aliphatic carbocycles. The van der Waals surface area contributed by atoms with Gasteiger partial charge < -0.3 is 5.11 Å². The largest absolute Gasteiger partial charge is 0.478 e. The van der Waals surface area contributed by atoms with Gasteiger partial charge in [0, 0.05) is 6.20 Å². The molecule has 0 fully saturated rings. The summed E-state index contributed by atoms with van der Waals surface area (Å²) in [6, 6.07) is 5.63. The minimum atomic E-state index is -4.11. The smallest absolute Gasteiger partial charge is 0.335 e. The molecule has 1 heterocycles. The lowest BCUT2D eigenvalue weighted by Gasteiger charge is -2.13. The third-order valence-electron chi connectivity index (χ3n) is 3.34. The summed E-state index contributed by atoms with van der Waals surface area (Å²) in [5.74, 6) is -2.22. The first kappa shape index (κ1) is 17.6. The number of carboxylic acids is 1. The van der Waals surface area contributed by atoms with Crippen molar-refractivity contribution in [3.8, 4) is 0 Å². The van der Waals surface area contributed by atoms with E-state index >= 15 is 0 Å². The van der Waals surface area contributed by atoms with Crippen LogP contribution in [0.4, 0.5) is 0 Å². The fraction of sp³-hybridized carbons (Fsp3) is 0.188. The van der Waals surface area contributed by atoms with Crippen LogP contribution in [0.5, 0.6) is 0 Å². The second-order valence-corrected chi connectivity index (χ2v) is 7.02. The number of pyridine rings is 1. The molecule has 0 aliphatic rings. The van der Waals surface area contributed by atoms with Crippen LogP contribution in [0.1, 0.15) is 37.5 Å². The van der Waals surface area contributed by atoms with Gasteiger partial charge >= 0.3 is 5.97 Å². The Morgan fingerprint density at radius 3 is 2.21 bits per heavy atom. The van der Waals surface area contributed by atoms with Crippen molar-refractivity contribution in [1.82, 2.24) is 9.71 Å². The Morgan fingerprint density at radius 1 is 1.08 bits per heavy atom. The number of aryl methyl sites for hydroxylation is 3. The minimum absolute atomic E-state index is 0.0239. The predicted molar refractivity (Wildman–Crippen MR) is 86.5 cm³/mol. The third-order valence-corrected chi connectivity index (χ3v) is 4.98. The van der Waals surface area contributed by atoms with Crippen molar-refractivity contribution < 1.29 is 23.1 Å². The number of aromatic carboxylic acids is 1. The van der Waals surface area contributed by atoms with E-state index in [1.54, 1.807) is 26.0 Å². The summed E-state index contributed by atoms with van der Waals surface area (Å²) in [5, 5.41) is 8.92. The molecule has 1 aromatic heterocycles. The summed E-state index contributed by atoms with van der Waals surface area (Å²) in [5.41, 5.74) is 1.49. The SMILES string of the molecule is Cc1cc(C)c(S(=O)(=O)NC(=O)c2cc(C(=O)O)ccn2)c(C)c1. The molecule has 0 atom stereocenters. The molecule has 0 bridgehead atoms. The van der Waals surface area contributed by atoms with Gasteiger partial charge in [-0.2, -0.15) is 0 Å². The lowest BCUT2D eigenvalue weighted by atomic mass is 10.1. The zero-order chi connectivity index (χ0) is 18.1. The van der Waals surface area contributed by atoms with Gasteiger partial charge in [-0.15, -0.1) is 0 Å². The Balaban J connectivity index is 2.38. The monoisotopic (exact) mass is 348 g/mol. The molecule has 0 unspecified atom stereocenters. The van der Waals surface area contributed by atoms with Crippen LogP contribution in [0.15, 0.2) is 35.4 Å². The van der Waals surface area contributed by atoms with Gasteiger partial charge in [-0.3, -0.25) is 9.78 Å². The highest BCUT2D eigenvalue weighted by Crippen LogP contribution is 2.21. The Morgan fingerprint density at radius 2 is 1.67 bits per heavy atom. The second kappa shape index (κ2) is 6.40. The van der Waals surface area contributed by atoms with Crippen LogP contribution in [-0.4, -0.2) is 30.4 Å². The maximum absolute atomic E-state index is 12.5. The van der Waals surface area contributed by atoms with Crippen molar-refractivity contribution >= 4 is 21.9 Å². The van der Waals surface area contributed by atoms with Gasteiger partial charge in [-0.25, -0.2) is 17.9 Å². The van der Waals surface area contributed by atoms with Crippen LogP contribution in [0.3, 0.4) is 0 Å². The number of amides is 1. The molecule has 2 aromatic rings. The highest BCUT2D eigenvalue weighted by atomic mass is 32.2. The molecule has 7 nitrogen and oxygen atoms in total. The summed E-state index contributed by atoms with van der Waals surface area (Å²) in [6.07, 6.45) is 1.13. The maximum atomic E-state index is 12.5. The van der Waals surface area contributed by atoms with Crippen molar-refractivity contribution in [2.75, 3.05) is 0 Å². The van der Waals surface area contributed by atoms with E-state index in [4.69, 9.17) is 5.11 Å². The lowest BCUT2D eigenvalue weighted by molar-refractivity contribution is 0.0696. The molecule has 1 aromatic carbocycles. The van der Waals surface area contributed by atoms with E-state index in [0.29, 0.717) is 11.1 Å². The van der Waals surface area contributed by atoms with Crippen molar-refractivity contribution in [1.29, 1.82) is 0 Å². The van der Waals surface area contributed by atoms with Gasteiger partial charge in [0.1, 0.15) is 5.69 Å². The van der Waals surface area contributed by atoms with Gasteiger partial charge in [0.25, 0.3) is 15.9 Å². The molecular formula is C16H16N2O5S. The van der Waals surface area contributed by atoms with Crippen LogP contribution in [-0.2, 0) is 10.0 Å². The Bertz CT molecular complexity index is 912. The maximum Gasteiger partial charge on any atom is 0.335 e. The topological polar surface area (TPSA) is 113 Å². The number of benzene rings is 1. The number of sulfonamides is 1. The first-order valence-electron chi connectivity index (χ1n) is 6.96. The number of hydrogen-bond acceptors (Lipinski definition) is 5. The molecule has 0 aliphatic heterocycles. The summed E-state index contributed by atoms with van der Waals surface area (Å²) >= 11 is 0. The van der Waals surface area contributed by atoms with E-state index in [9.17, 15) is 18.0 Å². The molecule has 8 heteroatoms. The van der Waals surface area contributed by atoms with Crippen LogP contribution in [0.2, 0.25) is 0 Å². The molecule has 126 valence electrons. The number of carbonyl (C=O) groups excluding carboxylic acids is 1. The molecule has 0 saturated carbocycles. The molecule has 2 rings (SSSR count). The first-order valence-corrected chi connectivity index (χ1v) is 8.44. The van der Waals surface area contributed by atoms with Gasteiger partial charge in [0.05, 0.1) is 10.5 Å². The molecule has 0 saturated heterocycles. The van der Waals surface area contributed by atoms with E-state index < -0.39 is 21.9 Å². The number of carboxylic acid groups (broad SMARTS) is 1. The van der Waals surface area contributed by atoms with Crippen molar-refractivity contribution in [2.45, 2.75) is 25.7 Å². The quantitative estimate of drug-likeness (QED) is 0.871. The number of hydrogen-bond donors (Lipinski definition) is 2. The standard InChI is InChI=1S/C16H16N2O5S/c1-9-6-10(2)14(11(3)7-9)24(22,23)18-15(19)13-8-12(16(20)21)4-5-17-13/h4-8H,1-3H3,(H,18,19)(H,20,21). The second-order valence-electron chi connectivity index (χ2n) is 5.40. The van der Waals surface area contributed by atoms with Crippen molar-refractivity contribution in [2.24, 2.45) is 0 Å². The Labute approximate surface area is 139 Å². The molecular weight excluding hydrogens is 332 g/mol. The van der Waals surface area contributed by atoms with Gasteiger partial charge in [-0.1, -0.05) is 17.7 Å². The average Bonchev–Trinajstić information content (AvgIpc) is 2.45. The number of rotatable bonds is 4. The fourth-order valence-electron chi connectivity index (χ4n) is 2.50. The number of aromatic nitrogens is 1. The van der Waals surface area contributed by atoms with Crippen LogP contribution in [0.25, 0.3) is 0 Å². The van der Waals surface area contributed by atoms with Crippen molar-refractivity contribution in [3.05, 3.63) is 58.4 Å². The molecule has 1 amide bonds. The van der Waals surface area contributed by atoms with Gasteiger partial charge in [0.2, 0.25) is 0 Å². The third kappa shape index (κ3) is 3.60. The van der Waals surface area contributed by atoms with Gasteiger partial charge in [0.15, 0.2) is 0 Å². The summed E-state index contributed by atoms with van der Waals surface area (Å²) in [4.78, 5) is 26.8. The molecule has 24 heavy (non-hydrogen) atoms. The van der Waals surface area contributed by atoms with E-state index in [-0.39, 0.29) is 16.2 Å². The van der Waals surface area contributed by atoms with Gasteiger partial charge in [-0.05, 0) is 44.0 Å². The minimum Gasteiger partial charge on any atom is -0.478 e. The number of nitrogens with zero attached hydrogens (tertiary/aromatic N) is 1. The fourth-order valence-corrected chi connectivity index (χ4v) is 3.92. The highest BCUT2D eigenvalue weighted by Gasteiger charge is 2.24. The predicted octanol–water partition coefficient (Wildman–Crippen LogP) is 1.82. The normalized spacial score (nSPS) is 11.1. The van der Waals surface area contributed by atoms with Crippen LogP contribution >= 0.6 is 0 Å². The molecule has 0 radical (unpaired) electrons. The zero-order valence-corrected chi connectivity index (χ0v) is 14.1. The van der Waals surface area contributed by atoms with Crippen LogP contribution < -0.4 is 4.72 Å². The summed E-state index contributed by atoms with van der Waals surface area (Å²) in [7, 11) is -4.11. The van der Waals surface area contributed by atoms with E-state index in [2.05, 4.69) is 4.98 Å². The van der Waals surface area contributed by atoms with E-state index in [1.165, 1.54) is 6.07 Å². The number of nitrogens with one attached hydrogen (secondary N) is 1. The molecule has 2 N–H and O–H groups in total. The molecule has 0 spiro atoms. The van der Waals surface area contributed by atoms with Crippen LogP contribution in [0, 0.1) is 20.8 Å². The summed E-state index contributed by atoms with van der Waals surface area (Å²) in [6.45, 7) is 5.13. The lowest BCUT2D eigenvalue weighted by Crippen LogP contribution is -2.32. The van der Waals surface area contributed by atoms with E-state index in [1.807, 2.05) is 11.6 Å². The number of carbonyl (C=O) groups is 2. The van der Waals surface area contributed by atoms with Crippen molar-refractivity contribution in [3.63, 3.8) is 0 Å². The Kier molecular flexibility index (Phi) is 4.70.